The number of aromatic nitrogens is 4. The van der Waals surface area contributed by atoms with Gasteiger partial charge < -0.3 is 14.9 Å². The summed E-state index contributed by atoms with van der Waals surface area (Å²) in [6.45, 7) is 4.45. The van der Waals surface area contributed by atoms with Crippen LogP contribution in [-0.4, -0.2) is 68.2 Å². The Morgan fingerprint density at radius 3 is 2.46 bits per heavy atom. The van der Waals surface area contributed by atoms with E-state index < -0.39 is 5.97 Å². The van der Waals surface area contributed by atoms with Gasteiger partial charge in [0.15, 0.2) is 11.5 Å². The number of carboxylic acid groups (broad SMARTS) is 1. The molecule has 0 atom stereocenters. The van der Waals surface area contributed by atoms with Crippen molar-refractivity contribution < 1.29 is 14.7 Å². The van der Waals surface area contributed by atoms with Gasteiger partial charge in [0.25, 0.3) is 5.91 Å². The molecule has 0 spiro atoms. The maximum atomic E-state index is 12.6. The Morgan fingerprint density at radius 2 is 1.85 bits per heavy atom. The summed E-state index contributed by atoms with van der Waals surface area (Å²) in [5.74, 6) is 0.140. The van der Waals surface area contributed by atoms with Gasteiger partial charge >= 0.3 is 5.97 Å². The minimum absolute atomic E-state index is 0.0817. The van der Waals surface area contributed by atoms with E-state index in [1.54, 1.807) is 23.4 Å². The largest absolute Gasteiger partial charge is 0.476 e. The van der Waals surface area contributed by atoms with Crippen LogP contribution in [0.15, 0.2) is 24.5 Å². The molecule has 1 fully saturated rings. The molecule has 9 nitrogen and oxygen atoms in total. The molecule has 1 aliphatic rings. The first-order valence-corrected chi connectivity index (χ1v) is 8.50. The Kier molecular flexibility index (Phi) is 5.35. The number of aromatic carboxylic acids is 1. The van der Waals surface area contributed by atoms with Gasteiger partial charge in [-0.15, -0.1) is 10.2 Å². The number of amides is 1. The molecule has 3 heterocycles. The molecule has 0 unspecified atom stereocenters. The summed E-state index contributed by atoms with van der Waals surface area (Å²) < 4.78 is 0. The zero-order valence-corrected chi connectivity index (χ0v) is 14.5. The van der Waals surface area contributed by atoms with Crippen LogP contribution >= 0.6 is 0 Å². The van der Waals surface area contributed by atoms with Crippen LogP contribution in [0.25, 0.3) is 0 Å². The maximum absolute atomic E-state index is 12.6. The molecule has 0 bridgehead atoms. The highest BCUT2D eigenvalue weighted by molar-refractivity contribution is 5.93. The second-order valence-electron chi connectivity index (χ2n) is 5.96. The van der Waals surface area contributed by atoms with Crippen molar-refractivity contribution >= 4 is 17.7 Å². The number of carbonyl (C=O) groups is 2. The number of nitrogens with zero attached hydrogens (tertiary/aromatic N) is 6. The summed E-state index contributed by atoms with van der Waals surface area (Å²) in [4.78, 5) is 35.7. The molecular formula is C17H20N6O3. The summed E-state index contributed by atoms with van der Waals surface area (Å²) in [6, 6.07) is 3.08. The quantitative estimate of drug-likeness (QED) is 0.859. The van der Waals surface area contributed by atoms with E-state index in [0.29, 0.717) is 36.8 Å². The first-order chi connectivity index (χ1) is 12.6. The first kappa shape index (κ1) is 17.7. The highest BCUT2D eigenvalue weighted by Gasteiger charge is 2.22. The molecule has 1 N–H and O–H groups in total. The van der Waals surface area contributed by atoms with E-state index in [9.17, 15) is 9.59 Å². The number of anilines is 1. The zero-order valence-electron chi connectivity index (χ0n) is 14.5. The van der Waals surface area contributed by atoms with Gasteiger partial charge in [-0.1, -0.05) is 6.92 Å². The lowest BCUT2D eigenvalue weighted by atomic mass is 10.2. The Hall–Kier alpha value is -3.10. The Morgan fingerprint density at radius 1 is 1.08 bits per heavy atom. The summed E-state index contributed by atoms with van der Waals surface area (Å²) in [6.07, 6.45) is 4.66. The summed E-state index contributed by atoms with van der Waals surface area (Å²) in [5, 5.41) is 16.6. The fourth-order valence-electron chi connectivity index (χ4n) is 2.79. The lowest BCUT2D eigenvalue weighted by molar-refractivity contribution is 0.0688. The van der Waals surface area contributed by atoms with Crippen molar-refractivity contribution in [2.75, 3.05) is 31.1 Å². The fraction of sp³-hybridized carbons (Fsp3) is 0.412. The highest BCUT2D eigenvalue weighted by atomic mass is 16.4. The molecule has 136 valence electrons. The van der Waals surface area contributed by atoms with Crippen LogP contribution in [0, 0.1) is 0 Å². The van der Waals surface area contributed by atoms with Gasteiger partial charge in [0.1, 0.15) is 5.82 Å². The number of aryl methyl sites for hydroxylation is 1. The van der Waals surface area contributed by atoms with Gasteiger partial charge in [-0.3, -0.25) is 4.79 Å². The Balaban J connectivity index is 1.65. The molecule has 2 aromatic rings. The van der Waals surface area contributed by atoms with E-state index in [1.807, 2.05) is 11.8 Å². The molecule has 0 aromatic carbocycles. The van der Waals surface area contributed by atoms with Crippen LogP contribution in [0.5, 0.6) is 0 Å². The average molecular weight is 356 g/mol. The summed E-state index contributed by atoms with van der Waals surface area (Å²) >= 11 is 0. The first-order valence-electron chi connectivity index (χ1n) is 8.50. The van der Waals surface area contributed by atoms with Crippen molar-refractivity contribution in [2.24, 2.45) is 0 Å². The van der Waals surface area contributed by atoms with E-state index in [0.717, 1.165) is 19.4 Å². The van der Waals surface area contributed by atoms with Crippen LogP contribution in [-0.2, 0) is 6.42 Å². The van der Waals surface area contributed by atoms with Crippen molar-refractivity contribution in [3.63, 3.8) is 0 Å². The predicted octanol–water partition coefficient (Wildman–Crippen LogP) is 0.880. The van der Waals surface area contributed by atoms with Crippen LogP contribution in [0.2, 0.25) is 0 Å². The van der Waals surface area contributed by atoms with Crippen molar-refractivity contribution in [1.82, 2.24) is 25.1 Å². The maximum Gasteiger partial charge on any atom is 0.356 e. The number of carbonyl (C=O) groups excluding carboxylic acids is 1. The molecule has 1 saturated heterocycles. The van der Waals surface area contributed by atoms with E-state index in [4.69, 9.17) is 5.11 Å². The van der Waals surface area contributed by atoms with E-state index in [-0.39, 0.29) is 11.6 Å². The second-order valence-corrected chi connectivity index (χ2v) is 5.96. The number of hydrogen-bond acceptors (Lipinski definition) is 7. The smallest absolute Gasteiger partial charge is 0.356 e. The Bertz CT molecular complexity index is 778. The predicted molar refractivity (Wildman–Crippen MR) is 93.1 cm³/mol. The lowest BCUT2D eigenvalue weighted by Crippen LogP contribution is -2.35. The van der Waals surface area contributed by atoms with Gasteiger partial charge in [-0.25, -0.2) is 14.8 Å². The molecule has 9 heteroatoms. The van der Waals surface area contributed by atoms with Gasteiger partial charge in [-0.2, -0.15) is 0 Å². The third kappa shape index (κ3) is 3.93. The van der Waals surface area contributed by atoms with Crippen molar-refractivity contribution in [3.05, 3.63) is 41.6 Å². The molecule has 1 amide bonds. The molecule has 1 aliphatic heterocycles. The van der Waals surface area contributed by atoms with Gasteiger partial charge in [0.05, 0.1) is 5.56 Å². The van der Waals surface area contributed by atoms with E-state index >= 15 is 0 Å². The van der Waals surface area contributed by atoms with Gasteiger partial charge in [0.2, 0.25) is 0 Å². The third-order valence-corrected chi connectivity index (χ3v) is 4.25. The zero-order chi connectivity index (χ0) is 18.5. The van der Waals surface area contributed by atoms with Crippen LogP contribution in [0.1, 0.15) is 40.0 Å². The molecular weight excluding hydrogens is 336 g/mol. The number of rotatable bonds is 4. The summed E-state index contributed by atoms with van der Waals surface area (Å²) in [7, 11) is 0. The van der Waals surface area contributed by atoms with Crippen LogP contribution in [0.4, 0.5) is 5.82 Å². The highest BCUT2D eigenvalue weighted by Crippen LogP contribution is 2.14. The molecule has 26 heavy (non-hydrogen) atoms. The van der Waals surface area contributed by atoms with Gasteiger partial charge in [-0.05, 0) is 18.6 Å². The topological polar surface area (TPSA) is 112 Å². The standard InChI is InChI=1S/C17H20N6O3/c1-2-14-18-10-12(11-19-14)16(24)23-7-3-6-22(8-9-23)15-5-4-13(17(25)26)20-21-15/h4-5,10-11H,2-3,6-9H2,1H3,(H,25,26). The van der Waals surface area contributed by atoms with E-state index in [2.05, 4.69) is 20.2 Å². The fourth-order valence-corrected chi connectivity index (χ4v) is 2.79. The molecule has 0 radical (unpaired) electrons. The van der Waals surface area contributed by atoms with Gasteiger partial charge in [0, 0.05) is 45.0 Å². The van der Waals surface area contributed by atoms with E-state index in [1.165, 1.54) is 6.07 Å². The van der Waals surface area contributed by atoms with Crippen molar-refractivity contribution in [3.8, 4) is 0 Å². The minimum Gasteiger partial charge on any atom is -0.476 e. The SMILES string of the molecule is CCc1ncc(C(=O)N2CCCN(c3ccc(C(=O)O)nn3)CC2)cn1. The minimum atomic E-state index is -1.10. The summed E-state index contributed by atoms with van der Waals surface area (Å²) in [5.41, 5.74) is 0.400. The normalized spacial score (nSPS) is 14.8. The van der Waals surface area contributed by atoms with Crippen LogP contribution < -0.4 is 4.90 Å². The average Bonchev–Trinajstić information content (AvgIpc) is 2.94. The van der Waals surface area contributed by atoms with Crippen molar-refractivity contribution in [1.29, 1.82) is 0 Å². The molecule has 0 saturated carbocycles. The number of carboxylic acids is 1. The third-order valence-electron chi connectivity index (χ3n) is 4.25. The molecule has 2 aromatic heterocycles. The van der Waals surface area contributed by atoms with Crippen LogP contribution in [0.3, 0.4) is 0 Å². The second kappa shape index (κ2) is 7.85. The van der Waals surface area contributed by atoms with Crippen molar-refractivity contribution in [2.45, 2.75) is 19.8 Å². The lowest BCUT2D eigenvalue weighted by Gasteiger charge is -2.22. The molecule has 0 aliphatic carbocycles. The monoisotopic (exact) mass is 356 g/mol. The number of hydrogen-bond donors (Lipinski definition) is 1. The molecule has 3 rings (SSSR count). The Labute approximate surface area is 150 Å².